The number of hydrogen-bond acceptors (Lipinski definition) is 4. The van der Waals surface area contributed by atoms with Gasteiger partial charge in [-0.15, -0.1) is 0 Å². The lowest BCUT2D eigenvalue weighted by Gasteiger charge is -2.09. The van der Waals surface area contributed by atoms with Gasteiger partial charge in [0.05, 0.1) is 6.10 Å². The van der Waals surface area contributed by atoms with Crippen molar-refractivity contribution in [3.8, 4) is 16.9 Å². The monoisotopic (exact) mass is 360 g/mol. The van der Waals surface area contributed by atoms with Gasteiger partial charge in [0.2, 0.25) is 5.82 Å². The second-order valence-corrected chi connectivity index (χ2v) is 5.85. The number of benzene rings is 1. The van der Waals surface area contributed by atoms with Crippen LogP contribution >= 0.6 is 0 Å². The van der Waals surface area contributed by atoms with Crippen LogP contribution in [0.4, 0.5) is 8.78 Å². The number of unbranched alkanes of at least 4 members (excludes halogenated alkanes) is 1. The highest BCUT2D eigenvalue weighted by atomic mass is 19.2. The van der Waals surface area contributed by atoms with Gasteiger partial charge in [-0.2, -0.15) is 4.39 Å². The van der Waals surface area contributed by atoms with Crippen LogP contribution in [0.5, 0.6) is 5.75 Å². The molecule has 0 saturated heterocycles. The Kier molecular flexibility index (Phi) is 7.41. The summed E-state index contributed by atoms with van der Waals surface area (Å²) in [7, 11) is 0. The lowest BCUT2D eigenvalue weighted by Crippen LogP contribution is -2.00. The van der Waals surface area contributed by atoms with E-state index in [9.17, 15) is 13.9 Å². The third-order valence-corrected chi connectivity index (χ3v) is 3.65. The van der Waals surface area contributed by atoms with E-state index in [1.807, 2.05) is 6.08 Å². The topological polar surface area (TPSA) is 55.2 Å². The Labute approximate surface area is 151 Å². The Morgan fingerprint density at radius 2 is 1.96 bits per heavy atom. The van der Waals surface area contributed by atoms with Gasteiger partial charge in [-0.1, -0.05) is 18.7 Å². The number of hydrogen-bond donors (Lipinski definition) is 1. The summed E-state index contributed by atoms with van der Waals surface area (Å²) in [6.07, 6.45) is 10.1. The zero-order chi connectivity index (χ0) is 18.9. The lowest BCUT2D eigenvalue weighted by molar-refractivity contribution is 0.182. The number of rotatable bonds is 9. The maximum atomic E-state index is 14.3. The summed E-state index contributed by atoms with van der Waals surface area (Å²) >= 11 is 0. The molecule has 0 bridgehead atoms. The number of ether oxygens (including phenoxy) is 1. The minimum Gasteiger partial charge on any atom is -0.486 e. The molecule has 0 radical (unpaired) electrons. The molecule has 2 aromatic rings. The van der Waals surface area contributed by atoms with E-state index < -0.39 is 11.6 Å². The predicted octanol–water partition coefficient (Wildman–Crippen LogP) is 4.55. The van der Waals surface area contributed by atoms with E-state index >= 15 is 0 Å². The smallest absolute Gasteiger partial charge is 0.201 e. The second kappa shape index (κ2) is 9.77. The predicted molar refractivity (Wildman–Crippen MR) is 97.6 cm³/mol. The van der Waals surface area contributed by atoms with Crippen molar-refractivity contribution >= 4 is 6.08 Å². The summed E-state index contributed by atoms with van der Waals surface area (Å²) < 4.78 is 33.4. The molecule has 1 heterocycles. The fourth-order valence-electron chi connectivity index (χ4n) is 2.30. The summed E-state index contributed by atoms with van der Waals surface area (Å²) in [5, 5.41) is 9.19. The van der Waals surface area contributed by atoms with E-state index in [1.165, 1.54) is 30.6 Å². The molecule has 2 rings (SSSR count). The van der Waals surface area contributed by atoms with Gasteiger partial charge in [-0.3, -0.25) is 0 Å². The van der Waals surface area contributed by atoms with E-state index in [-0.39, 0.29) is 24.0 Å². The molecule has 4 nitrogen and oxygen atoms in total. The molecule has 26 heavy (non-hydrogen) atoms. The number of aliphatic hydroxyl groups excluding tert-OH is 1. The number of halogens is 2. The minimum atomic E-state index is -1.05. The third kappa shape index (κ3) is 5.46. The summed E-state index contributed by atoms with van der Waals surface area (Å²) in [4.78, 5) is 8.30. The molecule has 0 aliphatic heterocycles. The van der Waals surface area contributed by atoms with E-state index in [1.54, 1.807) is 13.0 Å². The van der Waals surface area contributed by atoms with Crippen LogP contribution in [0.1, 0.15) is 32.0 Å². The van der Waals surface area contributed by atoms with Crippen LogP contribution < -0.4 is 4.74 Å². The van der Waals surface area contributed by atoms with Crippen molar-refractivity contribution in [3.63, 3.8) is 0 Å². The second-order valence-electron chi connectivity index (χ2n) is 5.85. The standard InChI is InChI=1S/C20H22F2N2O2/c1-3-11-26-17-10-9-16(19(21)20(17)22)15-12-23-18(24-13-15)8-6-4-5-7-14(2)25/h3,6,8-10,12-14,25H,1,4-5,7,11H2,2H3/b8-6+. The zero-order valence-electron chi connectivity index (χ0n) is 14.7. The van der Waals surface area contributed by atoms with E-state index in [0.717, 1.165) is 19.3 Å². The van der Waals surface area contributed by atoms with Gasteiger partial charge < -0.3 is 9.84 Å². The van der Waals surface area contributed by atoms with Gasteiger partial charge in [0, 0.05) is 23.5 Å². The van der Waals surface area contributed by atoms with Crippen molar-refractivity contribution in [2.45, 2.75) is 32.3 Å². The molecule has 0 aliphatic rings. The summed E-state index contributed by atoms with van der Waals surface area (Å²) in [6, 6.07) is 2.80. The summed E-state index contributed by atoms with van der Waals surface area (Å²) in [5.74, 6) is -1.73. The highest BCUT2D eigenvalue weighted by Crippen LogP contribution is 2.29. The average molecular weight is 360 g/mol. The first kappa shape index (κ1) is 19.7. The molecular weight excluding hydrogens is 338 g/mol. The minimum absolute atomic E-state index is 0.0703. The van der Waals surface area contributed by atoms with Crippen molar-refractivity contribution in [3.05, 3.63) is 60.7 Å². The molecule has 0 saturated carbocycles. The highest BCUT2D eigenvalue weighted by molar-refractivity contribution is 5.64. The largest absolute Gasteiger partial charge is 0.486 e. The lowest BCUT2D eigenvalue weighted by atomic mass is 10.1. The van der Waals surface area contributed by atoms with Crippen molar-refractivity contribution in [2.24, 2.45) is 0 Å². The van der Waals surface area contributed by atoms with Gasteiger partial charge in [0.1, 0.15) is 6.61 Å². The van der Waals surface area contributed by atoms with Crippen LogP contribution in [0.3, 0.4) is 0 Å². The van der Waals surface area contributed by atoms with Gasteiger partial charge in [0.15, 0.2) is 17.4 Å². The molecule has 138 valence electrons. The van der Waals surface area contributed by atoms with E-state index in [2.05, 4.69) is 16.5 Å². The molecule has 1 atom stereocenters. The first-order valence-electron chi connectivity index (χ1n) is 8.41. The highest BCUT2D eigenvalue weighted by Gasteiger charge is 2.16. The number of nitrogens with zero attached hydrogens (tertiary/aromatic N) is 2. The molecule has 1 aromatic carbocycles. The summed E-state index contributed by atoms with van der Waals surface area (Å²) in [6.45, 7) is 5.32. The average Bonchev–Trinajstić information content (AvgIpc) is 2.63. The Morgan fingerprint density at radius 3 is 2.62 bits per heavy atom. The number of aliphatic hydroxyl groups is 1. The van der Waals surface area contributed by atoms with Gasteiger partial charge in [-0.05, 0) is 44.4 Å². The van der Waals surface area contributed by atoms with E-state index in [4.69, 9.17) is 4.74 Å². The van der Waals surface area contributed by atoms with Gasteiger partial charge in [-0.25, -0.2) is 14.4 Å². The first-order chi connectivity index (χ1) is 12.5. The SMILES string of the molecule is C=CCOc1ccc(-c2cnc(/C=C/CCCC(C)O)nc2)c(F)c1F. The molecule has 0 aliphatic carbocycles. The normalized spacial score (nSPS) is 12.3. The molecule has 1 unspecified atom stereocenters. The van der Waals surface area contributed by atoms with Crippen LogP contribution in [0.2, 0.25) is 0 Å². The Morgan fingerprint density at radius 1 is 1.23 bits per heavy atom. The molecular formula is C20H22F2N2O2. The Bertz CT molecular complexity index is 759. The molecule has 6 heteroatoms. The maximum absolute atomic E-state index is 14.3. The van der Waals surface area contributed by atoms with Crippen LogP contribution in [0.25, 0.3) is 17.2 Å². The van der Waals surface area contributed by atoms with Crippen LogP contribution in [-0.2, 0) is 0 Å². The summed E-state index contributed by atoms with van der Waals surface area (Å²) in [5.41, 5.74) is 0.448. The van der Waals surface area contributed by atoms with Gasteiger partial charge >= 0.3 is 0 Å². The van der Waals surface area contributed by atoms with Crippen molar-refractivity contribution in [1.82, 2.24) is 9.97 Å². The van der Waals surface area contributed by atoms with Gasteiger partial charge in [0.25, 0.3) is 0 Å². The fraction of sp³-hybridized carbons (Fsp3) is 0.300. The molecule has 1 aromatic heterocycles. The van der Waals surface area contributed by atoms with Crippen molar-refractivity contribution in [1.29, 1.82) is 0 Å². The molecule has 0 spiro atoms. The Hall–Kier alpha value is -2.60. The third-order valence-electron chi connectivity index (χ3n) is 3.65. The fourth-order valence-corrected chi connectivity index (χ4v) is 2.30. The van der Waals surface area contributed by atoms with Crippen LogP contribution in [-0.4, -0.2) is 27.8 Å². The number of aromatic nitrogens is 2. The zero-order valence-corrected chi connectivity index (χ0v) is 14.7. The Balaban J connectivity index is 2.07. The number of allylic oxidation sites excluding steroid dienone is 1. The van der Waals surface area contributed by atoms with Crippen molar-refractivity contribution in [2.75, 3.05) is 6.61 Å². The van der Waals surface area contributed by atoms with Crippen LogP contribution in [0.15, 0.2) is 43.3 Å². The first-order valence-corrected chi connectivity index (χ1v) is 8.41. The maximum Gasteiger partial charge on any atom is 0.201 e. The van der Waals surface area contributed by atoms with E-state index in [0.29, 0.717) is 11.4 Å². The van der Waals surface area contributed by atoms with Crippen molar-refractivity contribution < 1.29 is 18.6 Å². The molecule has 0 fully saturated rings. The molecule has 1 N–H and O–H groups in total. The quantitative estimate of drug-likeness (QED) is 0.526. The van der Waals surface area contributed by atoms with Crippen LogP contribution in [0, 0.1) is 11.6 Å². The molecule has 0 amide bonds.